The van der Waals surface area contributed by atoms with E-state index in [1.54, 1.807) is 0 Å². The normalized spacial score (nSPS) is 11.7. The second kappa shape index (κ2) is 6.79. The number of aromatic amines is 1. The van der Waals surface area contributed by atoms with Gasteiger partial charge < -0.3 is 10.7 Å². The summed E-state index contributed by atoms with van der Waals surface area (Å²) < 4.78 is 52.8. The Labute approximate surface area is 164 Å². The van der Waals surface area contributed by atoms with E-state index in [1.165, 1.54) is 12.1 Å². The first-order chi connectivity index (χ1) is 14.1. The molecular formula is C19H11F4N5O2. The summed E-state index contributed by atoms with van der Waals surface area (Å²) in [4.78, 5) is 35.0. The van der Waals surface area contributed by atoms with E-state index < -0.39 is 29.2 Å². The van der Waals surface area contributed by atoms with E-state index in [2.05, 4.69) is 15.0 Å². The van der Waals surface area contributed by atoms with E-state index in [0.29, 0.717) is 0 Å². The lowest BCUT2D eigenvalue weighted by Gasteiger charge is -2.09. The minimum Gasteiger partial charge on any atom is -0.364 e. The topological polar surface area (TPSA) is 107 Å². The van der Waals surface area contributed by atoms with Crippen molar-refractivity contribution in [3.63, 3.8) is 0 Å². The molecule has 11 heteroatoms. The van der Waals surface area contributed by atoms with Crippen LogP contribution in [0.1, 0.15) is 16.1 Å². The fourth-order valence-corrected chi connectivity index (χ4v) is 2.93. The summed E-state index contributed by atoms with van der Waals surface area (Å²) in [6, 6.07) is 8.89. The summed E-state index contributed by atoms with van der Waals surface area (Å²) in [5, 5.41) is 0. The van der Waals surface area contributed by atoms with E-state index in [0.717, 1.165) is 41.0 Å². The Balaban J connectivity index is 1.96. The van der Waals surface area contributed by atoms with Gasteiger partial charge in [-0.1, -0.05) is 12.1 Å². The lowest BCUT2D eigenvalue weighted by molar-refractivity contribution is -0.137. The quantitative estimate of drug-likeness (QED) is 0.500. The van der Waals surface area contributed by atoms with Gasteiger partial charge in [0.05, 0.1) is 11.3 Å². The molecular weight excluding hydrogens is 406 g/mol. The van der Waals surface area contributed by atoms with Crippen LogP contribution in [0.3, 0.4) is 0 Å². The maximum atomic E-state index is 13.3. The molecule has 0 unspecified atom stereocenters. The largest absolute Gasteiger partial charge is 0.416 e. The number of H-pyrrole nitrogens is 1. The van der Waals surface area contributed by atoms with Crippen molar-refractivity contribution in [3.8, 4) is 17.1 Å². The SMILES string of the molecule is NC(=O)c1nc(-c2ccc(C(F)(F)F)cc2)nc2c1[nH]c(=O)n2-c1ccc(F)cc1. The fourth-order valence-electron chi connectivity index (χ4n) is 2.93. The van der Waals surface area contributed by atoms with Crippen LogP contribution in [-0.4, -0.2) is 25.4 Å². The minimum absolute atomic E-state index is 0.0368. The molecule has 0 spiro atoms. The molecule has 1 amide bonds. The summed E-state index contributed by atoms with van der Waals surface area (Å²) >= 11 is 0. The van der Waals surface area contributed by atoms with Crippen molar-refractivity contribution < 1.29 is 22.4 Å². The zero-order valence-electron chi connectivity index (χ0n) is 14.9. The molecule has 2 heterocycles. The predicted molar refractivity (Wildman–Crippen MR) is 98.4 cm³/mol. The lowest BCUT2D eigenvalue weighted by Crippen LogP contribution is -2.15. The molecule has 0 fully saturated rings. The predicted octanol–water partition coefficient (Wildman–Crippen LogP) is 3.03. The Kier molecular flexibility index (Phi) is 4.37. The molecule has 0 atom stereocenters. The monoisotopic (exact) mass is 417 g/mol. The van der Waals surface area contributed by atoms with Crippen molar-refractivity contribution >= 4 is 17.1 Å². The molecule has 0 bridgehead atoms. The van der Waals surface area contributed by atoms with E-state index in [1.807, 2.05) is 0 Å². The Bertz CT molecular complexity index is 1320. The second-order valence-corrected chi connectivity index (χ2v) is 6.28. The number of fused-ring (bicyclic) bond motifs is 1. The first kappa shape index (κ1) is 19.3. The summed E-state index contributed by atoms with van der Waals surface area (Å²) in [6.45, 7) is 0. The van der Waals surface area contributed by atoms with Crippen molar-refractivity contribution in [1.29, 1.82) is 0 Å². The molecule has 2 aromatic carbocycles. The van der Waals surface area contributed by atoms with Gasteiger partial charge in [0, 0.05) is 5.56 Å². The average Bonchev–Trinajstić information content (AvgIpc) is 3.03. The smallest absolute Gasteiger partial charge is 0.364 e. The molecule has 0 aliphatic carbocycles. The third-order valence-electron chi connectivity index (χ3n) is 4.33. The molecule has 0 aliphatic rings. The second-order valence-electron chi connectivity index (χ2n) is 6.28. The highest BCUT2D eigenvalue weighted by Gasteiger charge is 2.30. The number of primary amides is 1. The zero-order chi connectivity index (χ0) is 21.6. The van der Waals surface area contributed by atoms with Gasteiger partial charge in [-0.05, 0) is 36.4 Å². The number of hydrogen-bond acceptors (Lipinski definition) is 4. The number of imidazole rings is 1. The van der Waals surface area contributed by atoms with Gasteiger partial charge in [0.15, 0.2) is 17.2 Å². The summed E-state index contributed by atoms with van der Waals surface area (Å²) in [6.07, 6.45) is -4.52. The summed E-state index contributed by atoms with van der Waals surface area (Å²) in [5.41, 5.74) is 3.84. The third kappa shape index (κ3) is 3.30. The highest BCUT2D eigenvalue weighted by molar-refractivity contribution is 6.02. The van der Waals surface area contributed by atoms with E-state index >= 15 is 0 Å². The highest BCUT2D eigenvalue weighted by Crippen LogP contribution is 2.31. The zero-order valence-corrected chi connectivity index (χ0v) is 14.9. The van der Waals surface area contributed by atoms with Gasteiger partial charge in [-0.2, -0.15) is 13.2 Å². The number of benzene rings is 2. The van der Waals surface area contributed by atoms with E-state index in [9.17, 15) is 27.2 Å². The number of nitrogens with two attached hydrogens (primary N) is 1. The van der Waals surface area contributed by atoms with Crippen molar-refractivity contribution in [2.75, 3.05) is 0 Å². The third-order valence-corrected chi connectivity index (χ3v) is 4.33. The van der Waals surface area contributed by atoms with Gasteiger partial charge in [0.2, 0.25) is 0 Å². The van der Waals surface area contributed by atoms with Gasteiger partial charge in [0.1, 0.15) is 11.3 Å². The number of carbonyl (C=O) groups excluding carboxylic acids is 1. The number of amides is 1. The minimum atomic E-state index is -4.52. The van der Waals surface area contributed by atoms with Gasteiger partial charge >= 0.3 is 11.9 Å². The van der Waals surface area contributed by atoms with Crippen LogP contribution in [0.25, 0.3) is 28.2 Å². The van der Waals surface area contributed by atoms with Crippen LogP contribution < -0.4 is 11.4 Å². The Morgan fingerprint density at radius 1 is 1.00 bits per heavy atom. The molecule has 0 radical (unpaired) electrons. The molecule has 4 rings (SSSR count). The van der Waals surface area contributed by atoms with Crippen molar-refractivity contribution in [2.45, 2.75) is 6.18 Å². The molecule has 152 valence electrons. The number of halogens is 4. The molecule has 0 saturated heterocycles. The first-order valence-corrected chi connectivity index (χ1v) is 8.41. The first-order valence-electron chi connectivity index (χ1n) is 8.41. The Hall–Kier alpha value is -4.02. The maximum absolute atomic E-state index is 13.3. The number of rotatable bonds is 3. The average molecular weight is 417 g/mol. The molecule has 7 nitrogen and oxygen atoms in total. The van der Waals surface area contributed by atoms with E-state index in [4.69, 9.17) is 5.73 Å². The van der Waals surface area contributed by atoms with Crippen molar-refractivity contribution in [2.24, 2.45) is 5.73 Å². The maximum Gasteiger partial charge on any atom is 0.416 e. The van der Waals surface area contributed by atoms with Gasteiger partial charge in [0.25, 0.3) is 5.91 Å². The van der Waals surface area contributed by atoms with Crippen molar-refractivity contribution in [3.05, 3.63) is 76.1 Å². The van der Waals surface area contributed by atoms with Gasteiger partial charge in [-0.15, -0.1) is 0 Å². The van der Waals surface area contributed by atoms with Gasteiger partial charge in [-0.25, -0.2) is 23.7 Å². The number of hydrogen-bond donors (Lipinski definition) is 2. The molecule has 2 aromatic heterocycles. The van der Waals surface area contributed by atoms with Gasteiger partial charge in [-0.3, -0.25) is 4.79 Å². The number of alkyl halides is 3. The summed E-state index contributed by atoms with van der Waals surface area (Å²) in [5.74, 6) is -1.60. The van der Waals surface area contributed by atoms with E-state index in [-0.39, 0.29) is 33.9 Å². The number of aromatic nitrogens is 4. The van der Waals surface area contributed by atoms with Crippen LogP contribution in [-0.2, 0) is 6.18 Å². The number of nitrogens with zero attached hydrogens (tertiary/aromatic N) is 3. The highest BCUT2D eigenvalue weighted by atomic mass is 19.4. The standard InChI is InChI=1S/C19H11F4N5O2/c20-11-5-7-12(8-6-11)28-17-14(26-18(28)30)13(15(24)29)25-16(27-17)9-1-3-10(4-2-9)19(21,22)23/h1-8H,(H2,24,29)(H,26,30). The Morgan fingerprint density at radius 2 is 1.63 bits per heavy atom. The molecule has 4 aromatic rings. The van der Waals surface area contributed by atoms with Crippen LogP contribution in [0.2, 0.25) is 0 Å². The molecule has 0 saturated carbocycles. The molecule has 0 aliphatic heterocycles. The molecule has 3 N–H and O–H groups in total. The van der Waals surface area contributed by atoms with Crippen LogP contribution in [0.15, 0.2) is 53.3 Å². The van der Waals surface area contributed by atoms with Crippen LogP contribution in [0.4, 0.5) is 17.6 Å². The molecule has 30 heavy (non-hydrogen) atoms. The van der Waals surface area contributed by atoms with Crippen molar-refractivity contribution in [1.82, 2.24) is 19.5 Å². The Morgan fingerprint density at radius 3 is 2.20 bits per heavy atom. The van der Waals surface area contributed by atoms with Crippen LogP contribution in [0.5, 0.6) is 0 Å². The van der Waals surface area contributed by atoms with Crippen LogP contribution in [0, 0.1) is 5.82 Å². The number of nitrogens with one attached hydrogen (secondary N) is 1. The fraction of sp³-hybridized carbons (Fsp3) is 0.0526. The summed E-state index contributed by atoms with van der Waals surface area (Å²) in [7, 11) is 0. The van der Waals surface area contributed by atoms with Crippen LogP contribution >= 0.6 is 0 Å². The number of carbonyl (C=O) groups is 1. The lowest BCUT2D eigenvalue weighted by atomic mass is 10.1.